The van der Waals surface area contributed by atoms with E-state index in [4.69, 9.17) is 14.2 Å². The van der Waals surface area contributed by atoms with E-state index in [1.165, 1.54) is 13.3 Å². The molecular formula is C24H33IO4. The molecule has 29 heavy (non-hydrogen) atoms. The van der Waals surface area contributed by atoms with Crippen LogP contribution in [0.3, 0.4) is 0 Å². The Kier molecular flexibility index (Phi) is 5.35. The van der Waals surface area contributed by atoms with Crippen LogP contribution < -0.4 is 0 Å². The van der Waals surface area contributed by atoms with Crippen LogP contribution in [0.5, 0.6) is 0 Å². The molecule has 0 unspecified atom stereocenters. The van der Waals surface area contributed by atoms with Gasteiger partial charge in [0.1, 0.15) is 6.10 Å². The first kappa shape index (κ1) is 21.6. The first-order valence-electron chi connectivity index (χ1n) is 10.7. The van der Waals surface area contributed by atoms with Gasteiger partial charge in [-0.15, -0.1) is 0 Å². The first-order chi connectivity index (χ1) is 13.5. The minimum Gasteiger partial charge on any atom is -0.456 e. The Labute approximate surface area is 188 Å². The standard InChI is InChI=1S/C24H33IO4/c1-14(26)27-20(15-10-8-7-9-11-15)19(25)21-24(6)17-12-16(22(17,2)3)13-18(24)28-23(4,5)29-21/h7-11,16-21H,12-13H2,1-6H3/t16-,17-,18+,19+,20-,21+,24-/m0/s1. The molecule has 0 spiro atoms. The maximum Gasteiger partial charge on any atom is 0.303 e. The normalized spacial score (nSPS) is 38.9. The van der Waals surface area contributed by atoms with Crippen molar-refractivity contribution >= 4 is 28.6 Å². The van der Waals surface area contributed by atoms with Crippen LogP contribution >= 0.6 is 22.6 Å². The van der Waals surface area contributed by atoms with E-state index in [1.54, 1.807) is 0 Å². The van der Waals surface area contributed by atoms with Gasteiger partial charge in [-0.1, -0.05) is 73.7 Å². The minimum atomic E-state index is -0.649. The van der Waals surface area contributed by atoms with Crippen molar-refractivity contribution in [2.45, 2.75) is 82.4 Å². The summed E-state index contributed by atoms with van der Waals surface area (Å²) in [5.74, 6) is 0.335. The highest BCUT2D eigenvalue weighted by atomic mass is 127. The summed E-state index contributed by atoms with van der Waals surface area (Å²) in [5.41, 5.74) is 1.18. The zero-order valence-electron chi connectivity index (χ0n) is 18.3. The highest BCUT2D eigenvalue weighted by molar-refractivity contribution is 14.1. The van der Waals surface area contributed by atoms with Crippen LogP contribution in [0.15, 0.2) is 30.3 Å². The monoisotopic (exact) mass is 512 g/mol. The highest BCUT2D eigenvalue weighted by Crippen LogP contribution is 2.70. The van der Waals surface area contributed by atoms with Gasteiger partial charge < -0.3 is 14.2 Å². The predicted molar refractivity (Wildman–Crippen MR) is 121 cm³/mol. The quantitative estimate of drug-likeness (QED) is 0.296. The fourth-order valence-electron chi connectivity index (χ4n) is 6.27. The smallest absolute Gasteiger partial charge is 0.303 e. The molecule has 2 bridgehead atoms. The second kappa shape index (κ2) is 7.20. The summed E-state index contributed by atoms with van der Waals surface area (Å²) in [5, 5.41) is 0. The molecule has 1 aromatic rings. The average molecular weight is 512 g/mol. The van der Waals surface area contributed by atoms with Crippen molar-refractivity contribution in [3.8, 4) is 0 Å². The van der Waals surface area contributed by atoms with Crippen LogP contribution in [0.25, 0.3) is 0 Å². The first-order valence-corrected chi connectivity index (χ1v) is 11.9. The highest BCUT2D eigenvalue weighted by Gasteiger charge is 2.70. The Bertz CT molecular complexity index is 776. The zero-order chi connectivity index (χ0) is 21.2. The van der Waals surface area contributed by atoms with E-state index in [-0.39, 0.29) is 39.0 Å². The second-order valence-corrected chi connectivity index (χ2v) is 11.8. The van der Waals surface area contributed by atoms with Crippen molar-refractivity contribution in [1.29, 1.82) is 0 Å². The van der Waals surface area contributed by atoms with Crippen molar-refractivity contribution in [2.24, 2.45) is 22.7 Å². The Morgan fingerprint density at radius 2 is 1.76 bits per heavy atom. The van der Waals surface area contributed by atoms with Crippen molar-refractivity contribution < 1.29 is 19.0 Å². The molecule has 7 atom stereocenters. The van der Waals surface area contributed by atoms with Gasteiger partial charge in [0.15, 0.2) is 5.79 Å². The molecule has 0 aromatic heterocycles. The molecule has 3 aliphatic carbocycles. The van der Waals surface area contributed by atoms with E-state index in [2.05, 4.69) is 43.4 Å². The van der Waals surface area contributed by atoms with E-state index >= 15 is 0 Å². The third kappa shape index (κ3) is 3.45. The number of halogens is 1. The minimum absolute atomic E-state index is 0.0254. The van der Waals surface area contributed by atoms with E-state index in [0.717, 1.165) is 12.0 Å². The molecule has 0 N–H and O–H groups in total. The third-order valence-corrected chi connectivity index (χ3v) is 9.17. The van der Waals surface area contributed by atoms with Gasteiger partial charge in [0.25, 0.3) is 0 Å². The molecule has 0 radical (unpaired) electrons. The lowest BCUT2D eigenvalue weighted by molar-refractivity contribution is -0.393. The van der Waals surface area contributed by atoms with E-state index < -0.39 is 5.79 Å². The SMILES string of the molecule is CC(=O)O[C@@H](c1ccccc1)[C@@H](I)[C@H]1OC(C)(C)O[C@@H]2C[C@@H]3C[C@@H](C3(C)C)[C@]12C. The van der Waals surface area contributed by atoms with Crippen LogP contribution in [0.2, 0.25) is 0 Å². The number of ether oxygens (including phenoxy) is 3. The molecule has 1 heterocycles. The van der Waals surface area contributed by atoms with Gasteiger partial charge in [0.05, 0.1) is 16.1 Å². The van der Waals surface area contributed by atoms with Gasteiger partial charge in [-0.05, 0) is 49.5 Å². The summed E-state index contributed by atoms with van der Waals surface area (Å²) >= 11 is 2.46. The van der Waals surface area contributed by atoms with Crippen LogP contribution in [0, 0.1) is 22.7 Å². The van der Waals surface area contributed by atoms with E-state index in [1.807, 2.05) is 44.2 Å². The van der Waals surface area contributed by atoms with E-state index in [9.17, 15) is 4.79 Å². The lowest BCUT2D eigenvalue weighted by Crippen LogP contribution is -2.72. The molecular weight excluding hydrogens is 479 g/mol. The van der Waals surface area contributed by atoms with Crippen molar-refractivity contribution in [1.82, 2.24) is 0 Å². The summed E-state index contributed by atoms with van der Waals surface area (Å²) < 4.78 is 19.0. The molecule has 4 nitrogen and oxygen atoms in total. The molecule has 4 fully saturated rings. The van der Waals surface area contributed by atoms with Gasteiger partial charge in [-0.3, -0.25) is 4.79 Å². The summed E-state index contributed by atoms with van der Waals surface area (Å²) in [7, 11) is 0. The van der Waals surface area contributed by atoms with Crippen molar-refractivity contribution in [2.75, 3.05) is 0 Å². The largest absolute Gasteiger partial charge is 0.456 e. The number of hydrogen-bond acceptors (Lipinski definition) is 4. The van der Waals surface area contributed by atoms with Gasteiger partial charge in [-0.2, -0.15) is 0 Å². The van der Waals surface area contributed by atoms with Crippen LogP contribution in [0.1, 0.15) is 66.1 Å². The molecule has 1 aromatic carbocycles. The average Bonchev–Trinajstić information content (AvgIpc) is 2.65. The Morgan fingerprint density at radius 1 is 1.10 bits per heavy atom. The van der Waals surface area contributed by atoms with Gasteiger partial charge >= 0.3 is 5.97 Å². The summed E-state index contributed by atoms with van der Waals surface area (Å²) in [6.07, 6.45) is 2.05. The number of rotatable bonds is 4. The van der Waals surface area contributed by atoms with Crippen LogP contribution in [0.4, 0.5) is 0 Å². The number of carbonyl (C=O) groups is 1. The van der Waals surface area contributed by atoms with E-state index in [0.29, 0.717) is 11.8 Å². The lowest BCUT2D eigenvalue weighted by atomic mass is 9.39. The predicted octanol–water partition coefficient (Wildman–Crippen LogP) is 5.69. The summed E-state index contributed by atoms with van der Waals surface area (Å²) in [6.45, 7) is 12.6. The molecule has 1 aliphatic heterocycles. The molecule has 160 valence electrons. The maximum atomic E-state index is 12.0. The number of carbonyl (C=O) groups excluding carboxylic acids is 1. The molecule has 1 saturated heterocycles. The van der Waals surface area contributed by atoms with Gasteiger partial charge in [0.2, 0.25) is 0 Å². The molecule has 4 aliphatic rings. The third-order valence-electron chi connectivity index (χ3n) is 7.86. The number of esters is 1. The molecule has 5 heteroatoms. The summed E-state index contributed by atoms with van der Waals surface area (Å²) in [4.78, 5) is 12.0. The van der Waals surface area contributed by atoms with Gasteiger partial charge in [-0.25, -0.2) is 0 Å². The summed E-state index contributed by atoms with van der Waals surface area (Å²) in [6, 6.07) is 10.0. The zero-order valence-corrected chi connectivity index (χ0v) is 20.4. The lowest BCUT2D eigenvalue weighted by Gasteiger charge is -2.71. The second-order valence-electron chi connectivity index (χ2n) is 10.3. The number of hydrogen-bond donors (Lipinski definition) is 0. The van der Waals surface area contributed by atoms with Gasteiger partial charge in [0, 0.05) is 12.3 Å². The van der Waals surface area contributed by atoms with Crippen LogP contribution in [-0.4, -0.2) is 27.9 Å². The molecule has 0 amide bonds. The number of benzene rings is 1. The fraction of sp³-hybridized carbons (Fsp3) is 0.708. The maximum absolute atomic E-state index is 12.0. The van der Waals surface area contributed by atoms with Crippen molar-refractivity contribution in [3.63, 3.8) is 0 Å². The molecule has 3 saturated carbocycles. The Hall–Kier alpha value is -0.660. The fourth-order valence-corrected chi connectivity index (χ4v) is 7.76. The van der Waals surface area contributed by atoms with Crippen molar-refractivity contribution in [3.05, 3.63) is 35.9 Å². The topological polar surface area (TPSA) is 44.8 Å². The Morgan fingerprint density at radius 3 is 2.34 bits per heavy atom. The molecule has 5 rings (SSSR count). The number of alkyl halides is 1. The van der Waals surface area contributed by atoms with Crippen LogP contribution in [-0.2, 0) is 19.0 Å². The Balaban J connectivity index is 1.74.